The summed E-state index contributed by atoms with van der Waals surface area (Å²) >= 11 is 0. The lowest BCUT2D eigenvalue weighted by Gasteiger charge is -2.34. The van der Waals surface area contributed by atoms with Gasteiger partial charge in [-0.2, -0.15) is 0 Å². The Morgan fingerprint density at radius 2 is 2.29 bits per heavy atom. The van der Waals surface area contributed by atoms with Gasteiger partial charge in [0.15, 0.2) is 0 Å². The molecule has 2 atom stereocenters. The molecule has 0 saturated carbocycles. The van der Waals surface area contributed by atoms with E-state index in [0.717, 1.165) is 38.9 Å². The van der Waals surface area contributed by atoms with Crippen LogP contribution >= 0.6 is 0 Å². The molecule has 1 amide bonds. The van der Waals surface area contributed by atoms with Crippen LogP contribution in [0.3, 0.4) is 0 Å². The van der Waals surface area contributed by atoms with Crippen molar-refractivity contribution in [2.24, 2.45) is 5.73 Å². The zero-order valence-corrected chi connectivity index (χ0v) is 11.2. The lowest BCUT2D eigenvalue weighted by Crippen LogP contribution is -2.52. The molecule has 1 saturated heterocycles. The van der Waals surface area contributed by atoms with Gasteiger partial charge in [0.25, 0.3) is 0 Å². The highest BCUT2D eigenvalue weighted by Crippen LogP contribution is 2.11. The molecule has 1 rings (SSSR count). The Hall–Kier alpha value is -0.610. The van der Waals surface area contributed by atoms with Crippen LogP contribution < -0.4 is 11.1 Å². The predicted molar refractivity (Wildman–Crippen MR) is 70.8 cm³/mol. The van der Waals surface area contributed by atoms with E-state index in [1.807, 2.05) is 6.92 Å². The third-order valence-electron chi connectivity index (χ3n) is 3.50. The standard InChI is InChI=1S/C13H27N3O/c1-3-4-5-8-15-13(17)11(2)16-9-6-7-12(14)10-16/h11-12H,3-10,14H2,1-2H3,(H,15,17)/t11?,12-/m1/s1. The number of carbonyl (C=O) groups excluding carboxylic acids is 1. The van der Waals surface area contributed by atoms with Crippen molar-refractivity contribution in [2.75, 3.05) is 19.6 Å². The predicted octanol–water partition coefficient (Wildman–Crippen LogP) is 1.10. The van der Waals surface area contributed by atoms with Gasteiger partial charge in [0.1, 0.15) is 0 Å². The normalized spacial score (nSPS) is 23.4. The van der Waals surface area contributed by atoms with E-state index in [1.165, 1.54) is 12.8 Å². The van der Waals surface area contributed by atoms with Gasteiger partial charge in [0, 0.05) is 19.1 Å². The largest absolute Gasteiger partial charge is 0.355 e. The van der Waals surface area contributed by atoms with Crippen molar-refractivity contribution < 1.29 is 4.79 Å². The molecule has 0 bridgehead atoms. The van der Waals surface area contributed by atoms with E-state index in [1.54, 1.807) is 0 Å². The van der Waals surface area contributed by atoms with Crippen molar-refractivity contribution in [3.05, 3.63) is 0 Å². The molecule has 0 radical (unpaired) electrons. The van der Waals surface area contributed by atoms with Crippen LogP contribution in [0.1, 0.15) is 46.0 Å². The van der Waals surface area contributed by atoms with Crippen LogP contribution in [0.25, 0.3) is 0 Å². The quantitative estimate of drug-likeness (QED) is 0.685. The molecule has 100 valence electrons. The maximum absolute atomic E-state index is 11.9. The van der Waals surface area contributed by atoms with Crippen molar-refractivity contribution in [2.45, 2.75) is 58.0 Å². The molecule has 1 heterocycles. The summed E-state index contributed by atoms with van der Waals surface area (Å²) in [6.45, 7) is 6.80. The number of likely N-dealkylation sites (tertiary alicyclic amines) is 1. The van der Waals surface area contributed by atoms with Crippen LogP contribution in [0.5, 0.6) is 0 Å². The van der Waals surface area contributed by atoms with Gasteiger partial charge in [0.05, 0.1) is 6.04 Å². The van der Waals surface area contributed by atoms with Crippen molar-refractivity contribution >= 4 is 5.91 Å². The number of amides is 1. The lowest BCUT2D eigenvalue weighted by atomic mass is 10.0. The fraction of sp³-hybridized carbons (Fsp3) is 0.923. The Bertz CT molecular complexity index is 233. The van der Waals surface area contributed by atoms with Crippen LogP contribution in [0.2, 0.25) is 0 Å². The number of unbranched alkanes of at least 4 members (excludes halogenated alkanes) is 2. The molecule has 4 heteroatoms. The molecule has 0 aromatic heterocycles. The Morgan fingerprint density at radius 3 is 2.94 bits per heavy atom. The van der Waals surface area contributed by atoms with E-state index < -0.39 is 0 Å². The van der Waals surface area contributed by atoms with Gasteiger partial charge in [-0.3, -0.25) is 9.69 Å². The molecule has 0 aliphatic carbocycles. The summed E-state index contributed by atoms with van der Waals surface area (Å²) in [5.74, 6) is 0.148. The topological polar surface area (TPSA) is 58.4 Å². The number of hydrogen-bond donors (Lipinski definition) is 2. The molecule has 17 heavy (non-hydrogen) atoms. The Kier molecular flexibility index (Phi) is 6.52. The molecule has 1 fully saturated rings. The van der Waals surface area contributed by atoms with Crippen LogP contribution in [-0.2, 0) is 4.79 Å². The molecule has 1 aliphatic rings. The van der Waals surface area contributed by atoms with Gasteiger partial charge in [0.2, 0.25) is 5.91 Å². The maximum Gasteiger partial charge on any atom is 0.237 e. The molecule has 4 nitrogen and oxygen atoms in total. The minimum Gasteiger partial charge on any atom is -0.355 e. The fourth-order valence-corrected chi connectivity index (χ4v) is 2.29. The number of nitrogens with one attached hydrogen (secondary N) is 1. The Labute approximate surface area is 105 Å². The van der Waals surface area contributed by atoms with Crippen molar-refractivity contribution in [1.29, 1.82) is 0 Å². The monoisotopic (exact) mass is 241 g/mol. The summed E-state index contributed by atoms with van der Waals surface area (Å²) in [5, 5.41) is 3.01. The summed E-state index contributed by atoms with van der Waals surface area (Å²) in [6.07, 6.45) is 5.64. The van der Waals surface area contributed by atoms with E-state index in [9.17, 15) is 4.79 Å². The maximum atomic E-state index is 11.9. The van der Waals surface area contributed by atoms with Gasteiger partial charge < -0.3 is 11.1 Å². The summed E-state index contributed by atoms with van der Waals surface area (Å²) in [4.78, 5) is 14.1. The van der Waals surface area contributed by atoms with Crippen molar-refractivity contribution in [3.63, 3.8) is 0 Å². The minimum absolute atomic E-state index is 0.0389. The first-order valence-electron chi connectivity index (χ1n) is 6.92. The van der Waals surface area contributed by atoms with E-state index in [4.69, 9.17) is 5.73 Å². The van der Waals surface area contributed by atoms with Crippen LogP contribution in [-0.4, -0.2) is 42.5 Å². The number of nitrogens with zero attached hydrogens (tertiary/aromatic N) is 1. The van der Waals surface area contributed by atoms with E-state index >= 15 is 0 Å². The summed E-state index contributed by atoms with van der Waals surface area (Å²) < 4.78 is 0. The first-order chi connectivity index (χ1) is 8.15. The number of rotatable bonds is 6. The third kappa shape index (κ3) is 5.04. The zero-order valence-electron chi connectivity index (χ0n) is 11.2. The summed E-state index contributed by atoms with van der Waals surface area (Å²) in [7, 11) is 0. The van der Waals surface area contributed by atoms with E-state index in [2.05, 4.69) is 17.1 Å². The van der Waals surface area contributed by atoms with Crippen molar-refractivity contribution in [1.82, 2.24) is 10.2 Å². The van der Waals surface area contributed by atoms with Gasteiger partial charge >= 0.3 is 0 Å². The second-order valence-electron chi connectivity index (χ2n) is 5.07. The smallest absolute Gasteiger partial charge is 0.237 e. The van der Waals surface area contributed by atoms with Gasteiger partial charge in [-0.05, 0) is 32.7 Å². The lowest BCUT2D eigenvalue weighted by molar-refractivity contribution is -0.126. The van der Waals surface area contributed by atoms with Crippen molar-refractivity contribution in [3.8, 4) is 0 Å². The highest BCUT2D eigenvalue weighted by atomic mass is 16.2. The van der Waals surface area contributed by atoms with E-state index in [-0.39, 0.29) is 18.0 Å². The van der Waals surface area contributed by atoms with Crippen LogP contribution in [0, 0.1) is 0 Å². The molecule has 3 N–H and O–H groups in total. The average Bonchev–Trinajstić information content (AvgIpc) is 2.33. The first kappa shape index (κ1) is 14.5. The van der Waals surface area contributed by atoms with Crippen LogP contribution in [0.4, 0.5) is 0 Å². The molecule has 1 aliphatic heterocycles. The average molecular weight is 241 g/mol. The molecule has 0 aromatic carbocycles. The second-order valence-corrected chi connectivity index (χ2v) is 5.07. The summed E-state index contributed by atoms with van der Waals surface area (Å²) in [5.41, 5.74) is 5.93. The second kappa shape index (κ2) is 7.67. The highest BCUT2D eigenvalue weighted by molar-refractivity contribution is 5.81. The van der Waals surface area contributed by atoms with Gasteiger partial charge in [-0.25, -0.2) is 0 Å². The molecule has 1 unspecified atom stereocenters. The SMILES string of the molecule is CCCCCNC(=O)C(C)N1CCC[C@@H](N)C1. The minimum atomic E-state index is -0.0389. The van der Waals surface area contributed by atoms with E-state index in [0.29, 0.717) is 0 Å². The zero-order chi connectivity index (χ0) is 12.7. The fourth-order valence-electron chi connectivity index (χ4n) is 2.29. The molecular formula is C13H27N3O. The molecule has 0 spiro atoms. The first-order valence-corrected chi connectivity index (χ1v) is 6.92. The van der Waals surface area contributed by atoms with Gasteiger partial charge in [-0.15, -0.1) is 0 Å². The third-order valence-corrected chi connectivity index (χ3v) is 3.50. The number of nitrogens with two attached hydrogens (primary N) is 1. The molecular weight excluding hydrogens is 214 g/mol. The summed E-state index contributed by atoms with van der Waals surface area (Å²) in [6, 6.07) is 0.196. The Morgan fingerprint density at radius 1 is 1.53 bits per heavy atom. The van der Waals surface area contributed by atoms with Gasteiger partial charge in [-0.1, -0.05) is 19.8 Å². The van der Waals surface area contributed by atoms with Crippen LogP contribution in [0.15, 0.2) is 0 Å². The Balaban J connectivity index is 2.25. The molecule has 0 aromatic rings. The number of hydrogen-bond acceptors (Lipinski definition) is 3. The number of piperidine rings is 1. The highest BCUT2D eigenvalue weighted by Gasteiger charge is 2.25. The number of carbonyl (C=O) groups is 1.